The highest BCUT2D eigenvalue weighted by Gasteiger charge is 2.21. The standard InChI is InChI=1S/C12H4Cl6N2O/c13-5-2-1-4(3-6(5)14)19-12(21)7-8(15)9(16)11(18)20-10(7)17/h1-3H,(H,19,21). The van der Waals surface area contributed by atoms with Gasteiger partial charge in [-0.1, -0.05) is 69.6 Å². The molecule has 21 heavy (non-hydrogen) atoms. The van der Waals surface area contributed by atoms with Crippen LogP contribution in [0.3, 0.4) is 0 Å². The van der Waals surface area contributed by atoms with Crippen molar-refractivity contribution in [2.45, 2.75) is 0 Å². The molecule has 0 aliphatic rings. The van der Waals surface area contributed by atoms with Gasteiger partial charge < -0.3 is 5.32 Å². The Hall–Kier alpha value is -0.420. The molecular formula is C12H4Cl6N2O. The Labute approximate surface area is 150 Å². The molecule has 1 heterocycles. The Morgan fingerprint density at radius 1 is 0.905 bits per heavy atom. The van der Waals surface area contributed by atoms with E-state index in [0.29, 0.717) is 15.7 Å². The zero-order chi connectivity index (χ0) is 15.7. The number of anilines is 1. The summed E-state index contributed by atoms with van der Waals surface area (Å²) in [4.78, 5) is 16.0. The smallest absolute Gasteiger partial charge is 0.260 e. The molecule has 2 aromatic rings. The zero-order valence-corrected chi connectivity index (χ0v) is 14.4. The number of halogens is 6. The number of amides is 1. The fourth-order valence-corrected chi connectivity index (χ4v) is 2.73. The van der Waals surface area contributed by atoms with Crippen molar-refractivity contribution in [2.24, 2.45) is 0 Å². The van der Waals surface area contributed by atoms with Crippen LogP contribution in [0.2, 0.25) is 30.4 Å². The van der Waals surface area contributed by atoms with Gasteiger partial charge in [-0.05, 0) is 18.2 Å². The van der Waals surface area contributed by atoms with Gasteiger partial charge in [0.2, 0.25) is 0 Å². The number of nitrogens with one attached hydrogen (secondary N) is 1. The van der Waals surface area contributed by atoms with Crippen LogP contribution in [0.1, 0.15) is 10.4 Å². The number of pyridine rings is 1. The lowest BCUT2D eigenvalue weighted by molar-refractivity contribution is 0.102. The Bertz CT molecular complexity index is 734. The van der Waals surface area contributed by atoms with E-state index in [2.05, 4.69) is 10.3 Å². The molecule has 0 bridgehead atoms. The quantitative estimate of drug-likeness (QED) is 0.600. The summed E-state index contributed by atoms with van der Waals surface area (Å²) >= 11 is 35.1. The number of benzene rings is 1. The van der Waals surface area contributed by atoms with E-state index >= 15 is 0 Å². The lowest BCUT2D eigenvalue weighted by Crippen LogP contribution is -2.14. The van der Waals surface area contributed by atoms with Crippen LogP contribution in [0.15, 0.2) is 18.2 Å². The molecule has 0 spiro atoms. The summed E-state index contributed by atoms with van der Waals surface area (Å²) in [5.41, 5.74) is 0.325. The summed E-state index contributed by atoms with van der Waals surface area (Å²) in [6, 6.07) is 4.59. The summed E-state index contributed by atoms with van der Waals surface area (Å²) in [6.07, 6.45) is 0. The first-order chi connectivity index (χ1) is 9.81. The predicted molar refractivity (Wildman–Crippen MR) is 88.7 cm³/mol. The second-order valence-electron chi connectivity index (χ2n) is 3.78. The van der Waals surface area contributed by atoms with Gasteiger partial charge in [0, 0.05) is 5.69 Å². The molecule has 110 valence electrons. The highest BCUT2D eigenvalue weighted by molar-refractivity contribution is 6.50. The molecule has 0 saturated heterocycles. The average Bonchev–Trinajstić information content (AvgIpc) is 2.40. The minimum absolute atomic E-state index is 0.0537. The van der Waals surface area contributed by atoms with Gasteiger partial charge in [-0.25, -0.2) is 4.98 Å². The Morgan fingerprint density at radius 3 is 2.19 bits per heavy atom. The zero-order valence-electron chi connectivity index (χ0n) is 9.86. The van der Waals surface area contributed by atoms with E-state index in [9.17, 15) is 4.79 Å². The minimum Gasteiger partial charge on any atom is -0.322 e. The van der Waals surface area contributed by atoms with Gasteiger partial charge in [-0.2, -0.15) is 0 Å². The van der Waals surface area contributed by atoms with Crippen LogP contribution in [0, 0.1) is 0 Å². The van der Waals surface area contributed by atoms with E-state index < -0.39 is 5.91 Å². The van der Waals surface area contributed by atoms with Crippen molar-refractivity contribution < 1.29 is 4.79 Å². The lowest BCUT2D eigenvalue weighted by Gasteiger charge is -2.10. The molecule has 0 fully saturated rings. The normalized spacial score (nSPS) is 10.6. The maximum absolute atomic E-state index is 12.2. The highest BCUT2D eigenvalue weighted by atomic mass is 35.5. The maximum Gasteiger partial charge on any atom is 0.260 e. The van der Waals surface area contributed by atoms with Gasteiger partial charge in [0.15, 0.2) is 5.15 Å². The third-order valence-electron chi connectivity index (χ3n) is 2.40. The van der Waals surface area contributed by atoms with E-state index in [-0.39, 0.29) is 25.9 Å². The fourth-order valence-electron chi connectivity index (χ4n) is 1.44. The first-order valence-electron chi connectivity index (χ1n) is 5.27. The van der Waals surface area contributed by atoms with Crippen molar-refractivity contribution in [3.63, 3.8) is 0 Å². The van der Waals surface area contributed by atoms with E-state index in [0.717, 1.165) is 0 Å². The van der Waals surface area contributed by atoms with Crippen LogP contribution in [0.25, 0.3) is 0 Å². The van der Waals surface area contributed by atoms with Crippen LogP contribution >= 0.6 is 69.6 Å². The SMILES string of the molecule is O=C(Nc1ccc(Cl)c(Cl)c1)c1c(Cl)nc(Cl)c(Cl)c1Cl. The van der Waals surface area contributed by atoms with Gasteiger partial charge >= 0.3 is 0 Å². The molecule has 0 aliphatic heterocycles. The lowest BCUT2D eigenvalue weighted by atomic mass is 10.2. The number of carbonyl (C=O) groups excluding carboxylic acids is 1. The molecule has 0 atom stereocenters. The fraction of sp³-hybridized carbons (Fsp3) is 0. The van der Waals surface area contributed by atoms with Gasteiger partial charge in [0.05, 0.1) is 25.7 Å². The molecule has 1 N–H and O–H groups in total. The van der Waals surface area contributed by atoms with E-state index in [1.807, 2.05) is 0 Å². The third kappa shape index (κ3) is 3.67. The van der Waals surface area contributed by atoms with Crippen molar-refractivity contribution in [3.05, 3.63) is 54.2 Å². The number of rotatable bonds is 2. The van der Waals surface area contributed by atoms with Crippen molar-refractivity contribution in [3.8, 4) is 0 Å². The Balaban J connectivity index is 2.37. The molecule has 0 radical (unpaired) electrons. The molecule has 9 heteroatoms. The molecule has 1 aromatic carbocycles. The van der Waals surface area contributed by atoms with E-state index in [4.69, 9.17) is 69.6 Å². The van der Waals surface area contributed by atoms with Crippen molar-refractivity contribution in [1.82, 2.24) is 4.98 Å². The summed E-state index contributed by atoms with van der Waals surface area (Å²) < 4.78 is 0. The monoisotopic (exact) mass is 402 g/mol. The van der Waals surface area contributed by atoms with Crippen molar-refractivity contribution in [1.29, 1.82) is 0 Å². The molecule has 1 aromatic heterocycles. The Kier molecular flexibility index (Phi) is 5.47. The summed E-state index contributed by atoms with van der Waals surface area (Å²) in [5.74, 6) is -0.602. The molecule has 0 aliphatic carbocycles. The molecule has 1 amide bonds. The maximum atomic E-state index is 12.2. The van der Waals surface area contributed by atoms with Crippen LogP contribution in [-0.2, 0) is 0 Å². The average molecular weight is 405 g/mol. The number of nitrogens with zero attached hydrogens (tertiary/aromatic N) is 1. The van der Waals surface area contributed by atoms with Crippen LogP contribution in [0.4, 0.5) is 5.69 Å². The summed E-state index contributed by atoms with van der Waals surface area (Å²) in [6.45, 7) is 0. The van der Waals surface area contributed by atoms with Crippen LogP contribution in [-0.4, -0.2) is 10.9 Å². The van der Waals surface area contributed by atoms with Crippen molar-refractivity contribution >= 4 is 81.2 Å². The molecule has 3 nitrogen and oxygen atoms in total. The van der Waals surface area contributed by atoms with Crippen molar-refractivity contribution in [2.75, 3.05) is 5.32 Å². The van der Waals surface area contributed by atoms with Gasteiger partial charge in [-0.3, -0.25) is 4.79 Å². The highest BCUT2D eigenvalue weighted by Crippen LogP contribution is 2.35. The second kappa shape index (κ2) is 6.78. The first kappa shape index (κ1) is 16.9. The number of carbonyl (C=O) groups is 1. The second-order valence-corrected chi connectivity index (χ2v) is 6.07. The van der Waals surface area contributed by atoms with Crippen LogP contribution in [0.5, 0.6) is 0 Å². The van der Waals surface area contributed by atoms with E-state index in [1.165, 1.54) is 12.1 Å². The van der Waals surface area contributed by atoms with Gasteiger partial charge in [0.1, 0.15) is 5.15 Å². The van der Waals surface area contributed by atoms with Gasteiger partial charge in [0.25, 0.3) is 5.91 Å². The Morgan fingerprint density at radius 2 is 1.57 bits per heavy atom. The van der Waals surface area contributed by atoms with E-state index in [1.54, 1.807) is 6.07 Å². The molecule has 0 saturated carbocycles. The molecule has 2 rings (SSSR count). The predicted octanol–water partition coefficient (Wildman–Crippen LogP) is 6.25. The third-order valence-corrected chi connectivity index (χ3v) is 4.63. The molecule has 0 unspecified atom stereocenters. The topological polar surface area (TPSA) is 42.0 Å². The minimum atomic E-state index is -0.602. The first-order valence-corrected chi connectivity index (χ1v) is 7.54. The summed E-state index contributed by atoms with van der Waals surface area (Å²) in [5, 5.41) is 2.83. The summed E-state index contributed by atoms with van der Waals surface area (Å²) in [7, 11) is 0. The van der Waals surface area contributed by atoms with Gasteiger partial charge in [-0.15, -0.1) is 0 Å². The number of hydrogen-bond donors (Lipinski definition) is 1. The molecular weight excluding hydrogens is 401 g/mol. The largest absolute Gasteiger partial charge is 0.322 e. The van der Waals surface area contributed by atoms with Crippen LogP contribution < -0.4 is 5.32 Å². The number of hydrogen-bond acceptors (Lipinski definition) is 2. The number of aromatic nitrogens is 1.